The number of carboxylic acid groups (broad SMARTS) is 1. The monoisotopic (exact) mass is 528 g/mol. The highest BCUT2D eigenvalue weighted by molar-refractivity contribution is 7.15. The normalized spacial score (nSPS) is 11.4. The first-order chi connectivity index (χ1) is 16.8. The van der Waals surface area contributed by atoms with Gasteiger partial charge < -0.3 is 16.6 Å². The lowest BCUT2D eigenvalue weighted by Crippen LogP contribution is -2.21. The second kappa shape index (κ2) is 9.98. The fourth-order valence-corrected chi connectivity index (χ4v) is 4.20. The summed E-state index contributed by atoms with van der Waals surface area (Å²) in [6.07, 6.45) is -3.44. The molecule has 0 saturated carbocycles. The third-order valence-corrected chi connectivity index (χ3v) is 5.99. The first-order valence-corrected chi connectivity index (χ1v) is 11.0. The van der Waals surface area contributed by atoms with Crippen molar-refractivity contribution in [3.8, 4) is 22.1 Å². The number of carbonyl (C=O) groups excluding carboxylic acids is 1. The van der Waals surface area contributed by atoms with E-state index < -0.39 is 23.9 Å². The SMILES string of the molecule is CCn1nc(C)c(F)c1-c1nc(-c2nc(C(N)=O)cc3c2cnn3C)c(CN)s1.O=C(O)C(F)(F)F. The van der Waals surface area contributed by atoms with Gasteiger partial charge in [-0.1, -0.05) is 0 Å². The first-order valence-electron chi connectivity index (χ1n) is 10.2. The smallest absolute Gasteiger partial charge is 0.475 e. The number of primary amides is 1. The number of hydrogen-bond donors (Lipinski definition) is 3. The zero-order valence-electron chi connectivity index (χ0n) is 19.1. The Bertz CT molecular complexity index is 1460. The van der Waals surface area contributed by atoms with Crippen molar-refractivity contribution in [1.82, 2.24) is 29.5 Å². The second-order valence-electron chi connectivity index (χ2n) is 7.28. The lowest BCUT2D eigenvalue weighted by atomic mass is 10.1. The molecule has 11 nitrogen and oxygen atoms in total. The quantitative estimate of drug-likeness (QED) is 0.332. The van der Waals surface area contributed by atoms with Crippen LogP contribution in [0, 0.1) is 12.7 Å². The third-order valence-electron chi connectivity index (χ3n) is 4.90. The number of aliphatic carboxylic acids is 1. The molecule has 5 N–H and O–H groups in total. The van der Waals surface area contributed by atoms with Crippen LogP contribution in [0.1, 0.15) is 28.0 Å². The summed E-state index contributed by atoms with van der Waals surface area (Å²) < 4.78 is 49.7. The van der Waals surface area contributed by atoms with Crippen LogP contribution in [0.15, 0.2) is 12.3 Å². The molecule has 0 aromatic carbocycles. The maximum absolute atomic E-state index is 14.7. The lowest BCUT2D eigenvalue weighted by Gasteiger charge is -2.05. The van der Waals surface area contributed by atoms with Crippen LogP contribution in [0.25, 0.3) is 33.0 Å². The van der Waals surface area contributed by atoms with Gasteiger partial charge >= 0.3 is 12.1 Å². The molecule has 36 heavy (non-hydrogen) atoms. The van der Waals surface area contributed by atoms with E-state index in [9.17, 15) is 22.4 Å². The van der Waals surface area contributed by atoms with Gasteiger partial charge in [-0.3, -0.25) is 14.2 Å². The Balaban J connectivity index is 0.000000454. The van der Waals surface area contributed by atoms with Crippen molar-refractivity contribution < 1.29 is 32.3 Å². The van der Waals surface area contributed by atoms with Crippen molar-refractivity contribution in [1.29, 1.82) is 0 Å². The van der Waals surface area contributed by atoms with Gasteiger partial charge in [0, 0.05) is 30.4 Å². The molecule has 0 radical (unpaired) electrons. The number of aryl methyl sites for hydroxylation is 3. The summed E-state index contributed by atoms with van der Waals surface area (Å²) in [5.74, 6) is -3.83. The Labute approximate surface area is 204 Å². The molecule has 192 valence electrons. The minimum Gasteiger partial charge on any atom is -0.475 e. The fourth-order valence-electron chi connectivity index (χ4n) is 3.22. The van der Waals surface area contributed by atoms with Crippen LogP contribution in [0.4, 0.5) is 17.6 Å². The number of amides is 1. The lowest BCUT2D eigenvalue weighted by molar-refractivity contribution is -0.192. The molecular weight excluding hydrogens is 508 g/mol. The molecule has 4 aromatic rings. The standard InChI is InChI=1S/C18H19FN8OS.C2HF3O2/c1-4-27-16(13(19)8(2)25-27)18-24-15(12(6-20)29-18)14-9-7-22-26(3)11(9)5-10(23-14)17(21)28;3-2(4,5)1(6)7/h5,7H,4,6,20H2,1-3H3,(H2,21,28);(H,6,7). The van der Waals surface area contributed by atoms with E-state index in [1.54, 1.807) is 35.6 Å². The second-order valence-corrected chi connectivity index (χ2v) is 8.37. The molecule has 0 aliphatic rings. The van der Waals surface area contributed by atoms with Gasteiger partial charge in [0.1, 0.15) is 27.8 Å². The Morgan fingerprint density at radius 1 is 1.22 bits per heavy atom. The zero-order valence-corrected chi connectivity index (χ0v) is 19.9. The summed E-state index contributed by atoms with van der Waals surface area (Å²) in [7, 11) is 1.76. The Morgan fingerprint density at radius 3 is 2.39 bits per heavy atom. The molecule has 0 fully saturated rings. The average Bonchev–Trinajstić information content (AvgIpc) is 3.48. The predicted molar refractivity (Wildman–Crippen MR) is 121 cm³/mol. The van der Waals surface area contributed by atoms with Gasteiger partial charge in [0.05, 0.1) is 17.4 Å². The minimum absolute atomic E-state index is 0.0919. The van der Waals surface area contributed by atoms with Crippen molar-refractivity contribution >= 4 is 34.1 Å². The molecule has 4 aromatic heterocycles. The Hall–Kier alpha value is -3.92. The molecule has 0 spiro atoms. The van der Waals surface area contributed by atoms with Crippen molar-refractivity contribution in [2.75, 3.05) is 0 Å². The van der Waals surface area contributed by atoms with Gasteiger partial charge in [-0.25, -0.2) is 19.2 Å². The van der Waals surface area contributed by atoms with E-state index >= 15 is 0 Å². The molecule has 0 saturated heterocycles. The van der Waals surface area contributed by atoms with E-state index in [0.717, 1.165) is 0 Å². The number of nitrogens with zero attached hydrogens (tertiary/aromatic N) is 6. The number of thiazole rings is 1. The topological polar surface area (TPSA) is 168 Å². The van der Waals surface area contributed by atoms with E-state index in [-0.39, 0.29) is 12.2 Å². The van der Waals surface area contributed by atoms with E-state index in [1.807, 2.05) is 6.92 Å². The molecule has 4 rings (SSSR count). The summed E-state index contributed by atoms with van der Waals surface area (Å²) in [5, 5.41) is 16.7. The molecule has 0 aliphatic carbocycles. The molecule has 4 heterocycles. The van der Waals surface area contributed by atoms with Crippen LogP contribution in [-0.4, -0.2) is 52.7 Å². The van der Waals surface area contributed by atoms with Gasteiger partial charge in [-0.05, 0) is 19.9 Å². The van der Waals surface area contributed by atoms with Gasteiger partial charge in [0.2, 0.25) is 0 Å². The Kier molecular flexibility index (Phi) is 7.40. The van der Waals surface area contributed by atoms with Gasteiger partial charge in [0.25, 0.3) is 5.91 Å². The highest BCUT2D eigenvalue weighted by atomic mass is 32.1. The number of carboxylic acids is 1. The molecular formula is C20H20F4N8O3S. The largest absolute Gasteiger partial charge is 0.490 e. The van der Waals surface area contributed by atoms with Gasteiger partial charge in [-0.2, -0.15) is 23.4 Å². The van der Waals surface area contributed by atoms with Gasteiger partial charge in [0.15, 0.2) is 5.82 Å². The number of carbonyl (C=O) groups is 2. The number of pyridine rings is 1. The number of hydrogen-bond acceptors (Lipinski definition) is 8. The molecule has 0 unspecified atom stereocenters. The zero-order chi connectivity index (χ0) is 26.9. The Morgan fingerprint density at radius 2 is 1.86 bits per heavy atom. The van der Waals surface area contributed by atoms with Crippen LogP contribution in [0.3, 0.4) is 0 Å². The third kappa shape index (κ3) is 5.03. The summed E-state index contributed by atoms with van der Waals surface area (Å²) in [5.41, 5.74) is 13.7. The van der Waals surface area contributed by atoms with Crippen molar-refractivity contribution in [3.63, 3.8) is 0 Å². The van der Waals surface area contributed by atoms with Crippen LogP contribution in [0.5, 0.6) is 0 Å². The average molecular weight is 528 g/mol. The van der Waals surface area contributed by atoms with Gasteiger partial charge in [-0.15, -0.1) is 11.3 Å². The van der Waals surface area contributed by atoms with E-state index in [1.165, 1.54) is 11.3 Å². The number of halogens is 4. The van der Waals surface area contributed by atoms with Crippen LogP contribution in [-0.2, 0) is 24.9 Å². The van der Waals surface area contributed by atoms with Crippen LogP contribution >= 0.6 is 11.3 Å². The fraction of sp³-hybridized carbons (Fsp3) is 0.300. The number of fused-ring (bicyclic) bond motifs is 1. The molecule has 16 heteroatoms. The predicted octanol–water partition coefficient (Wildman–Crippen LogP) is 2.61. The van der Waals surface area contributed by atoms with E-state index in [0.29, 0.717) is 50.1 Å². The van der Waals surface area contributed by atoms with E-state index in [4.69, 9.17) is 21.4 Å². The molecule has 0 atom stereocenters. The summed E-state index contributed by atoms with van der Waals surface area (Å²) >= 11 is 1.27. The maximum Gasteiger partial charge on any atom is 0.490 e. The highest BCUT2D eigenvalue weighted by Crippen LogP contribution is 2.37. The number of alkyl halides is 3. The van der Waals surface area contributed by atoms with E-state index in [2.05, 4.69) is 20.2 Å². The number of aromatic nitrogens is 6. The van der Waals surface area contributed by atoms with Crippen LogP contribution < -0.4 is 11.5 Å². The molecule has 1 amide bonds. The van der Waals surface area contributed by atoms with Crippen LogP contribution in [0.2, 0.25) is 0 Å². The highest BCUT2D eigenvalue weighted by Gasteiger charge is 2.38. The van der Waals surface area contributed by atoms with Crippen molar-refractivity contribution in [2.24, 2.45) is 18.5 Å². The minimum atomic E-state index is -5.08. The first kappa shape index (κ1) is 26.7. The van der Waals surface area contributed by atoms with Crippen molar-refractivity contribution in [3.05, 3.63) is 34.3 Å². The summed E-state index contributed by atoms with van der Waals surface area (Å²) in [6.45, 7) is 4.17. The number of nitrogens with two attached hydrogens (primary N) is 2. The summed E-state index contributed by atoms with van der Waals surface area (Å²) in [4.78, 5) is 30.5. The summed E-state index contributed by atoms with van der Waals surface area (Å²) in [6, 6.07) is 1.58. The molecule has 0 aliphatic heterocycles. The number of rotatable bonds is 5. The maximum atomic E-state index is 14.7. The molecule has 0 bridgehead atoms. The van der Waals surface area contributed by atoms with Crippen molar-refractivity contribution in [2.45, 2.75) is 33.1 Å².